The number of pyridine rings is 1. The Hall–Kier alpha value is -3.34. The molecule has 0 atom stereocenters. The van der Waals surface area contributed by atoms with Crippen LogP contribution in [0.15, 0.2) is 60.8 Å². The number of amides is 1. The Morgan fingerprint density at radius 1 is 0.963 bits per heavy atom. The molecule has 27 heavy (non-hydrogen) atoms. The van der Waals surface area contributed by atoms with Gasteiger partial charge in [0.25, 0.3) is 5.91 Å². The second-order valence-corrected chi connectivity index (χ2v) is 6.27. The maximum absolute atomic E-state index is 12.4. The zero-order valence-corrected chi connectivity index (χ0v) is 15.7. The van der Waals surface area contributed by atoms with Crippen molar-refractivity contribution in [2.45, 2.75) is 20.8 Å². The first-order valence-corrected chi connectivity index (χ1v) is 8.89. The van der Waals surface area contributed by atoms with Gasteiger partial charge in [-0.15, -0.1) is 0 Å². The number of rotatable bonds is 6. The first-order chi connectivity index (χ1) is 13.0. The van der Waals surface area contributed by atoms with E-state index >= 15 is 0 Å². The standard InChI is InChI=1S/C22H23N3O2/c1-4-27-20-10-8-18(9-11-20)25-22(26)17-6-12-21(23-14-17)24-19-7-5-15(2)16(3)13-19/h5-14H,4H2,1-3H3,(H,23,24)(H,25,26). The van der Waals surface area contributed by atoms with Crippen molar-refractivity contribution in [1.82, 2.24) is 4.98 Å². The molecule has 0 fully saturated rings. The third-order valence-corrected chi connectivity index (χ3v) is 4.23. The number of aromatic nitrogens is 1. The normalized spacial score (nSPS) is 10.3. The van der Waals surface area contributed by atoms with Crippen molar-refractivity contribution in [2.24, 2.45) is 0 Å². The van der Waals surface area contributed by atoms with Crippen LogP contribution in [0.4, 0.5) is 17.2 Å². The van der Waals surface area contributed by atoms with Crippen molar-refractivity contribution in [3.63, 3.8) is 0 Å². The molecule has 0 saturated carbocycles. The molecule has 0 spiro atoms. The fourth-order valence-electron chi connectivity index (χ4n) is 2.57. The molecule has 0 radical (unpaired) electrons. The van der Waals surface area contributed by atoms with E-state index < -0.39 is 0 Å². The zero-order chi connectivity index (χ0) is 19.2. The van der Waals surface area contributed by atoms with Crippen molar-refractivity contribution in [1.29, 1.82) is 0 Å². The highest BCUT2D eigenvalue weighted by Crippen LogP contribution is 2.19. The van der Waals surface area contributed by atoms with Gasteiger partial charge in [-0.05, 0) is 80.4 Å². The molecule has 1 heterocycles. The molecule has 0 aliphatic heterocycles. The fourth-order valence-corrected chi connectivity index (χ4v) is 2.57. The minimum atomic E-state index is -0.204. The van der Waals surface area contributed by atoms with Crippen LogP contribution in [-0.4, -0.2) is 17.5 Å². The van der Waals surface area contributed by atoms with E-state index in [4.69, 9.17) is 4.74 Å². The molecule has 0 bridgehead atoms. The van der Waals surface area contributed by atoms with Crippen molar-refractivity contribution in [3.05, 3.63) is 77.5 Å². The van der Waals surface area contributed by atoms with E-state index in [0.717, 1.165) is 11.4 Å². The monoisotopic (exact) mass is 361 g/mol. The van der Waals surface area contributed by atoms with Crippen LogP contribution in [-0.2, 0) is 0 Å². The van der Waals surface area contributed by atoms with E-state index in [2.05, 4.69) is 41.6 Å². The van der Waals surface area contributed by atoms with Crippen LogP contribution < -0.4 is 15.4 Å². The number of aryl methyl sites for hydroxylation is 2. The molecule has 2 N–H and O–H groups in total. The summed E-state index contributed by atoms with van der Waals surface area (Å²) in [5.41, 5.74) is 4.63. The van der Waals surface area contributed by atoms with Crippen molar-refractivity contribution in [2.75, 3.05) is 17.2 Å². The average molecular weight is 361 g/mol. The van der Waals surface area contributed by atoms with Crippen LogP contribution in [0.3, 0.4) is 0 Å². The van der Waals surface area contributed by atoms with E-state index in [1.165, 1.54) is 11.1 Å². The summed E-state index contributed by atoms with van der Waals surface area (Å²) in [6.07, 6.45) is 1.56. The molecule has 2 aromatic carbocycles. The predicted molar refractivity (Wildman–Crippen MR) is 109 cm³/mol. The van der Waals surface area contributed by atoms with Crippen LogP contribution in [0.2, 0.25) is 0 Å². The molecular weight excluding hydrogens is 338 g/mol. The smallest absolute Gasteiger partial charge is 0.257 e. The van der Waals surface area contributed by atoms with E-state index in [-0.39, 0.29) is 5.91 Å². The Kier molecular flexibility index (Phi) is 5.71. The van der Waals surface area contributed by atoms with Gasteiger partial charge in [0.15, 0.2) is 0 Å². The zero-order valence-electron chi connectivity index (χ0n) is 15.7. The van der Waals surface area contributed by atoms with Gasteiger partial charge < -0.3 is 15.4 Å². The topological polar surface area (TPSA) is 63.2 Å². The summed E-state index contributed by atoms with van der Waals surface area (Å²) in [5, 5.41) is 6.10. The summed E-state index contributed by atoms with van der Waals surface area (Å²) in [4.78, 5) is 16.7. The van der Waals surface area contributed by atoms with E-state index in [9.17, 15) is 4.79 Å². The third kappa shape index (κ3) is 4.85. The summed E-state index contributed by atoms with van der Waals surface area (Å²) >= 11 is 0. The highest BCUT2D eigenvalue weighted by atomic mass is 16.5. The SMILES string of the molecule is CCOc1ccc(NC(=O)c2ccc(Nc3ccc(C)c(C)c3)nc2)cc1. The number of hydrogen-bond acceptors (Lipinski definition) is 4. The van der Waals surface area contributed by atoms with Gasteiger partial charge in [0.05, 0.1) is 12.2 Å². The van der Waals surface area contributed by atoms with Gasteiger partial charge in [0.1, 0.15) is 11.6 Å². The minimum Gasteiger partial charge on any atom is -0.494 e. The Morgan fingerprint density at radius 2 is 1.70 bits per heavy atom. The third-order valence-electron chi connectivity index (χ3n) is 4.23. The lowest BCUT2D eigenvalue weighted by Crippen LogP contribution is -2.12. The number of carbonyl (C=O) groups is 1. The maximum atomic E-state index is 12.4. The number of ether oxygens (including phenoxy) is 1. The molecule has 1 aromatic heterocycles. The molecule has 3 rings (SSSR count). The van der Waals surface area contributed by atoms with Crippen LogP contribution in [0.25, 0.3) is 0 Å². The molecule has 3 aromatic rings. The van der Waals surface area contributed by atoms with Crippen LogP contribution >= 0.6 is 0 Å². The van der Waals surface area contributed by atoms with Crippen LogP contribution in [0, 0.1) is 13.8 Å². The van der Waals surface area contributed by atoms with Crippen LogP contribution in [0.5, 0.6) is 5.75 Å². The molecule has 0 saturated heterocycles. The molecule has 5 nitrogen and oxygen atoms in total. The van der Waals surface area contributed by atoms with Gasteiger partial charge >= 0.3 is 0 Å². The van der Waals surface area contributed by atoms with E-state index in [1.807, 2.05) is 37.3 Å². The largest absolute Gasteiger partial charge is 0.494 e. The average Bonchev–Trinajstić information content (AvgIpc) is 2.67. The lowest BCUT2D eigenvalue weighted by Gasteiger charge is -2.09. The number of hydrogen-bond donors (Lipinski definition) is 2. The molecule has 0 aliphatic carbocycles. The molecule has 0 aliphatic rings. The first-order valence-electron chi connectivity index (χ1n) is 8.89. The molecule has 0 unspecified atom stereocenters. The van der Waals surface area contributed by atoms with Gasteiger partial charge in [-0.25, -0.2) is 4.98 Å². The fraction of sp³-hybridized carbons (Fsp3) is 0.182. The highest BCUT2D eigenvalue weighted by Gasteiger charge is 2.07. The first kappa shape index (κ1) is 18.5. The van der Waals surface area contributed by atoms with Crippen molar-refractivity contribution < 1.29 is 9.53 Å². The van der Waals surface area contributed by atoms with Gasteiger partial charge in [-0.1, -0.05) is 6.07 Å². The summed E-state index contributed by atoms with van der Waals surface area (Å²) in [5.74, 6) is 1.26. The number of nitrogens with zero attached hydrogens (tertiary/aromatic N) is 1. The van der Waals surface area contributed by atoms with Crippen LogP contribution in [0.1, 0.15) is 28.4 Å². The quantitative estimate of drug-likeness (QED) is 0.642. The van der Waals surface area contributed by atoms with Crippen molar-refractivity contribution >= 4 is 23.1 Å². The summed E-state index contributed by atoms with van der Waals surface area (Å²) < 4.78 is 5.40. The van der Waals surface area contributed by atoms with Gasteiger partial charge in [0, 0.05) is 17.6 Å². The highest BCUT2D eigenvalue weighted by molar-refractivity contribution is 6.04. The van der Waals surface area contributed by atoms with E-state index in [1.54, 1.807) is 18.3 Å². The number of carbonyl (C=O) groups excluding carboxylic acids is 1. The second-order valence-electron chi connectivity index (χ2n) is 6.27. The molecule has 138 valence electrons. The van der Waals surface area contributed by atoms with E-state index in [0.29, 0.717) is 23.7 Å². The summed E-state index contributed by atoms with van der Waals surface area (Å²) in [6, 6.07) is 17.0. The molecule has 5 heteroatoms. The predicted octanol–water partition coefficient (Wildman–Crippen LogP) is 5.09. The number of anilines is 3. The molecular formula is C22H23N3O2. The van der Waals surface area contributed by atoms with Gasteiger partial charge in [-0.2, -0.15) is 0 Å². The van der Waals surface area contributed by atoms with Crippen molar-refractivity contribution in [3.8, 4) is 5.75 Å². The lowest BCUT2D eigenvalue weighted by atomic mass is 10.1. The Labute approximate surface area is 159 Å². The Balaban J connectivity index is 1.63. The number of benzene rings is 2. The lowest BCUT2D eigenvalue weighted by molar-refractivity contribution is 0.102. The van der Waals surface area contributed by atoms with Gasteiger partial charge in [-0.3, -0.25) is 4.79 Å². The summed E-state index contributed by atoms with van der Waals surface area (Å²) in [6.45, 7) is 6.69. The number of nitrogens with one attached hydrogen (secondary N) is 2. The Morgan fingerprint density at radius 3 is 2.33 bits per heavy atom. The molecule has 1 amide bonds. The maximum Gasteiger partial charge on any atom is 0.257 e. The second kappa shape index (κ2) is 8.36. The van der Waals surface area contributed by atoms with Gasteiger partial charge in [0.2, 0.25) is 0 Å². The minimum absolute atomic E-state index is 0.204. The Bertz CT molecular complexity index is 919. The summed E-state index contributed by atoms with van der Waals surface area (Å²) in [7, 11) is 0.